The summed E-state index contributed by atoms with van der Waals surface area (Å²) >= 11 is 12.5. The Balaban J connectivity index is 1.83. The Kier molecular flexibility index (Phi) is 11.7. The van der Waals surface area contributed by atoms with Crippen molar-refractivity contribution in [3.63, 3.8) is 0 Å². The van der Waals surface area contributed by atoms with Gasteiger partial charge in [0.15, 0.2) is 0 Å². The molecule has 0 aromatic heterocycles. The third-order valence-corrected chi connectivity index (χ3v) is 10.2. The number of benzene rings is 4. The summed E-state index contributed by atoms with van der Waals surface area (Å²) in [5.74, 6) is -0.869. The van der Waals surface area contributed by atoms with Crippen LogP contribution in [0.3, 0.4) is 0 Å². The molecule has 236 valence electrons. The summed E-state index contributed by atoms with van der Waals surface area (Å²) < 4.78 is 29.2. The summed E-state index contributed by atoms with van der Waals surface area (Å²) in [6.07, 6.45) is 0.939. The molecule has 0 fully saturated rings. The van der Waals surface area contributed by atoms with Gasteiger partial charge in [-0.05, 0) is 67.3 Å². The van der Waals surface area contributed by atoms with Crippen molar-refractivity contribution in [1.82, 2.24) is 10.2 Å². The zero-order valence-corrected chi connectivity index (χ0v) is 27.8. The predicted octanol–water partition coefficient (Wildman–Crippen LogP) is 7.05. The van der Waals surface area contributed by atoms with Crippen molar-refractivity contribution in [2.75, 3.05) is 10.8 Å². The average Bonchev–Trinajstić information content (AvgIpc) is 3.04. The highest BCUT2D eigenvalue weighted by Crippen LogP contribution is 2.31. The van der Waals surface area contributed by atoms with Crippen molar-refractivity contribution in [2.24, 2.45) is 0 Å². The summed E-state index contributed by atoms with van der Waals surface area (Å²) in [5, 5.41) is 3.43. The van der Waals surface area contributed by atoms with Crippen molar-refractivity contribution in [2.45, 2.75) is 57.1 Å². The second-order valence-electron chi connectivity index (χ2n) is 10.9. The molecule has 0 heterocycles. The number of carbonyl (C=O) groups excluding carboxylic acids is 2. The molecule has 0 bridgehead atoms. The first-order valence-corrected chi connectivity index (χ1v) is 16.9. The topological polar surface area (TPSA) is 86.8 Å². The van der Waals surface area contributed by atoms with Crippen molar-refractivity contribution in [1.29, 1.82) is 0 Å². The number of carbonyl (C=O) groups is 2. The summed E-state index contributed by atoms with van der Waals surface area (Å²) in [4.78, 5) is 30.0. The minimum atomic E-state index is -4.24. The molecule has 1 N–H and O–H groups in total. The molecule has 2 amide bonds. The number of anilines is 1. The number of nitrogens with one attached hydrogen (secondary N) is 1. The van der Waals surface area contributed by atoms with E-state index in [0.29, 0.717) is 6.42 Å². The van der Waals surface area contributed by atoms with Gasteiger partial charge in [0.25, 0.3) is 10.0 Å². The number of rotatable bonds is 13. The largest absolute Gasteiger partial charge is 0.352 e. The molecule has 0 unspecified atom stereocenters. The minimum absolute atomic E-state index is 0.00433. The second-order valence-corrected chi connectivity index (χ2v) is 13.6. The van der Waals surface area contributed by atoms with Gasteiger partial charge in [0.05, 0.1) is 20.6 Å². The number of hydrogen-bond acceptors (Lipinski definition) is 4. The standard InChI is InChI=1S/C35H37Cl2N3O4S/c1-4-26(3)38-35(42)33(21-27-14-7-5-8-15-27)39(23-28-16-12-11-13-25(28)2)34(41)24-40(29-19-20-31(36)32(37)22-29)45(43,44)30-17-9-6-10-18-30/h5-20,22,26,33H,4,21,23-24H2,1-3H3,(H,38,42)/t26-,33+/m1/s1. The van der Waals surface area contributed by atoms with Crippen molar-refractivity contribution < 1.29 is 18.0 Å². The fourth-order valence-corrected chi connectivity index (χ4v) is 6.57. The van der Waals surface area contributed by atoms with Gasteiger partial charge >= 0.3 is 0 Å². The Labute approximate surface area is 275 Å². The van der Waals surface area contributed by atoms with E-state index in [1.807, 2.05) is 75.4 Å². The number of aryl methyl sites for hydroxylation is 1. The minimum Gasteiger partial charge on any atom is -0.352 e. The van der Waals surface area contributed by atoms with E-state index in [-0.39, 0.29) is 45.5 Å². The molecule has 4 aromatic carbocycles. The summed E-state index contributed by atoms with van der Waals surface area (Å²) in [6.45, 7) is 5.33. The maximum absolute atomic E-state index is 14.5. The normalized spacial score (nSPS) is 12.6. The van der Waals surface area contributed by atoms with Gasteiger partial charge in [-0.25, -0.2) is 8.42 Å². The monoisotopic (exact) mass is 665 g/mol. The maximum atomic E-state index is 14.5. The molecule has 0 saturated carbocycles. The first-order valence-electron chi connectivity index (χ1n) is 14.7. The first-order chi connectivity index (χ1) is 21.5. The van der Waals surface area contributed by atoms with Crippen LogP contribution in [0.15, 0.2) is 108 Å². The summed E-state index contributed by atoms with van der Waals surface area (Å²) in [7, 11) is -4.24. The van der Waals surface area contributed by atoms with Crippen molar-refractivity contribution >= 4 is 50.7 Å². The Morgan fingerprint density at radius 2 is 1.47 bits per heavy atom. The lowest BCUT2D eigenvalue weighted by molar-refractivity contribution is -0.140. The van der Waals surface area contributed by atoms with Crippen LogP contribution in [-0.4, -0.2) is 43.8 Å². The van der Waals surface area contributed by atoms with Gasteiger partial charge in [-0.15, -0.1) is 0 Å². The lowest BCUT2D eigenvalue weighted by Gasteiger charge is -2.34. The van der Waals surface area contributed by atoms with E-state index < -0.39 is 28.5 Å². The van der Waals surface area contributed by atoms with E-state index in [2.05, 4.69) is 5.32 Å². The number of hydrogen-bond donors (Lipinski definition) is 1. The van der Waals surface area contributed by atoms with E-state index in [0.717, 1.165) is 21.0 Å². The molecule has 4 rings (SSSR count). The van der Waals surface area contributed by atoms with Gasteiger partial charge in [0.1, 0.15) is 12.6 Å². The molecule has 10 heteroatoms. The highest BCUT2D eigenvalue weighted by molar-refractivity contribution is 7.92. The molecule has 4 aromatic rings. The fraction of sp³-hybridized carbons (Fsp3) is 0.257. The van der Waals surface area contributed by atoms with Crippen molar-refractivity contribution in [3.8, 4) is 0 Å². The molecule has 45 heavy (non-hydrogen) atoms. The highest BCUT2D eigenvalue weighted by Gasteiger charge is 2.35. The molecule has 7 nitrogen and oxygen atoms in total. The van der Waals surface area contributed by atoms with Crippen LogP contribution in [0.4, 0.5) is 5.69 Å². The van der Waals surface area contributed by atoms with Crippen LogP contribution in [0.2, 0.25) is 10.0 Å². The SMILES string of the molecule is CC[C@@H](C)NC(=O)[C@H](Cc1ccccc1)N(Cc1ccccc1C)C(=O)CN(c1ccc(Cl)c(Cl)c1)S(=O)(=O)c1ccccc1. The average molecular weight is 667 g/mol. The van der Waals surface area contributed by atoms with Gasteiger partial charge in [-0.3, -0.25) is 13.9 Å². The molecule has 2 atom stereocenters. The van der Waals surface area contributed by atoms with Crippen molar-refractivity contribution in [3.05, 3.63) is 130 Å². The van der Waals surface area contributed by atoms with Gasteiger partial charge in [-0.2, -0.15) is 0 Å². The molecule has 0 saturated heterocycles. The number of sulfonamides is 1. The third-order valence-electron chi connectivity index (χ3n) is 7.68. The van der Waals surface area contributed by atoms with E-state index in [9.17, 15) is 18.0 Å². The summed E-state index contributed by atoms with van der Waals surface area (Å²) in [6, 6.07) is 28.3. The highest BCUT2D eigenvalue weighted by atomic mass is 35.5. The third kappa shape index (κ3) is 8.66. The van der Waals surface area contributed by atoms with Crippen LogP contribution in [0.25, 0.3) is 0 Å². The van der Waals surface area contributed by atoms with Crippen LogP contribution in [0.5, 0.6) is 0 Å². The molecule has 0 aliphatic rings. The Bertz CT molecular complexity index is 1720. The van der Waals surface area contributed by atoms with Crippen LogP contribution in [0.1, 0.15) is 37.0 Å². The molecule has 0 aliphatic carbocycles. The van der Waals surface area contributed by atoms with Crippen LogP contribution < -0.4 is 9.62 Å². The zero-order valence-electron chi connectivity index (χ0n) is 25.5. The predicted molar refractivity (Wildman–Crippen MR) is 181 cm³/mol. The quantitative estimate of drug-likeness (QED) is 0.166. The van der Waals surface area contributed by atoms with Crippen LogP contribution >= 0.6 is 23.2 Å². The lowest BCUT2D eigenvalue weighted by Crippen LogP contribution is -2.54. The van der Waals surface area contributed by atoms with Gasteiger partial charge in [-0.1, -0.05) is 103 Å². The van der Waals surface area contributed by atoms with E-state index in [4.69, 9.17) is 23.2 Å². The molecule has 0 spiro atoms. The molecule has 0 radical (unpaired) electrons. The van der Waals surface area contributed by atoms with E-state index in [1.54, 1.807) is 18.2 Å². The van der Waals surface area contributed by atoms with E-state index >= 15 is 0 Å². The van der Waals surface area contributed by atoms with Crippen LogP contribution in [0, 0.1) is 6.92 Å². The Hall–Kier alpha value is -3.85. The first kappa shape index (κ1) is 34.0. The molecular formula is C35H37Cl2N3O4S. The Morgan fingerprint density at radius 1 is 0.844 bits per heavy atom. The number of amides is 2. The van der Waals surface area contributed by atoms with Gasteiger partial charge < -0.3 is 10.2 Å². The number of halogens is 2. The zero-order chi connectivity index (χ0) is 32.6. The van der Waals surface area contributed by atoms with Gasteiger partial charge in [0.2, 0.25) is 11.8 Å². The lowest BCUT2D eigenvalue weighted by atomic mass is 10.0. The van der Waals surface area contributed by atoms with E-state index in [1.165, 1.54) is 35.2 Å². The molecule has 0 aliphatic heterocycles. The number of nitrogens with zero attached hydrogens (tertiary/aromatic N) is 2. The van der Waals surface area contributed by atoms with Gasteiger partial charge in [0, 0.05) is 19.0 Å². The van der Waals surface area contributed by atoms with Crippen LogP contribution in [-0.2, 0) is 32.6 Å². The fourth-order valence-electron chi connectivity index (χ4n) is 4.85. The Morgan fingerprint density at radius 3 is 2.09 bits per heavy atom. The second kappa shape index (κ2) is 15.4. The summed E-state index contributed by atoms with van der Waals surface area (Å²) in [5.41, 5.74) is 2.81. The molecular weight excluding hydrogens is 629 g/mol. The maximum Gasteiger partial charge on any atom is 0.264 e. The smallest absolute Gasteiger partial charge is 0.264 e.